The van der Waals surface area contributed by atoms with Gasteiger partial charge in [-0.1, -0.05) is 68.4 Å². The zero-order valence-electron chi connectivity index (χ0n) is 19.1. The molecular formula is C28H26N2O4. The molecule has 6 atom stereocenters. The summed E-state index contributed by atoms with van der Waals surface area (Å²) in [5.74, 6) is -1.70. The Morgan fingerprint density at radius 2 is 1.44 bits per heavy atom. The number of anilines is 1. The monoisotopic (exact) mass is 454 g/mol. The van der Waals surface area contributed by atoms with Gasteiger partial charge in [-0.15, -0.1) is 0 Å². The zero-order chi connectivity index (χ0) is 23.7. The molecule has 6 nitrogen and oxygen atoms in total. The number of para-hydroxylation sites is 2. The molecular weight excluding hydrogens is 428 g/mol. The molecule has 6 unspecified atom stereocenters. The number of hydrogen-bond acceptors (Lipinski definition) is 4. The average molecular weight is 455 g/mol. The number of imide groups is 1. The van der Waals surface area contributed by atoms with Crippen LogP contribution in [0.1, 0.15) is 65.8 Å². The summed E-state index contributed by atoms with van der Waals surface area (Å²) in [5, 5.41) is 20.4. The standard InChI is InChI=1S/C28H26N2O4/c1-3-15(2)16-12-13-19-20(14-16)24-18-9-5-4-8-17(18)23(19)25-26(24)28(32)29(27(25)31)21-10-6-7-11-22(21)30(33)34/h4-15,23-26,30,33H,3H2,1-2H3. The summed E-state index contributed by atoms with van der Waals surface area (Å²) in [6, 6.07) is 20.9. The van der Waals surface area contributed by atoms with Crippen LogP contribution in [0, 0.1) is 17.0 Å². The molecule has 4 aliphatic rings. The summed E-state index contributed by atoms with van der Waals surface area (Å²) in [6.45, 7) is 4.37. The summed E-state index contributed by atoms with van der Waals surface area (Å²) in [6.07, 6.45) is 1.02. The van der Waals surface area contributed by atoms with Gasteiger partial charge in [0.05, 0.1) is 11.8 Å². The normalized spacial score (nSPS) is 26.2. The summed E-state index contributed by atoms with van der Waals surface area (Å²) in [4.78, 5) is 28.9. The Balaban J connectivity index is 1.55. The molecule has 2 bridgehead atoms. The highest BCUT2D eigenvalue weighted by Crippen LogP contribution is 2.61. The van der Waals surface area contributed by atoms with Gasteiger partial charge < -0.3 is 5.21 Å². The molecule has 1 fully saturated rings. The van der Waals surface area contributed by atoms with E-state index in [1.165, 1.54) is 11.6 Å². The molecule has 3 aliphatic carbocycles. The molecule has 0 saturated carbocycles. The fourth-order valence-corrected chi connectivity index (χ4v) is 6.37. The van der Waals surface area contributed by atoms with E-state index in [-0.39, 0.29) is 35.0 Å². The van der Waals surface area contributed by atoms with E-state index in [1.54, 1.807) is 18.2 Å². The van der Waals surface area contributed by atoms with Crippen molar-refractivity contribution >= 4 is 23.2 Å². The lowest BCUT2D eigenvalue weighted by Crippen LogP contribution is -2.99. The number of carbonyl (C=O) groups is 2. The number of hydrogen-bond donors (Lipinski definition) is 2. The van der Waals surface area contributed by atoms with Gasteiger partial charge in [0.1, 0.15) is 5.69 Å². The summed E-state index contributed by atoms with van der Waals surface area (Å²) >= 11 is 0. The molecule has 0 spiro atoms. The van der Waals surface area contributed by atoms with Crippen LogP contribution in [0.3, 0.4) is 0 Å². The summed E-state index contributed by atoms with van der Waals surface area (Å²) in [5.41, 5.74) is 5.83. The number of amides is 2. The van der Waals surface area contributed by atoms with Crippen molar-refractivity contribution in [1.29, 1.82) is 0 Å². The highest BCUT2D eigenvalue weighted by Gasteiger charge is 2.62. The van der Waals surface area contributed by atoms with Crippen molar-refractivity contribution < 1.29 is 20.0 Å². The molecule has 172 valence electrons. The van der Waals surface area contributed by atoms with Gasteiger partial charge in [-0.2, -0.15) is 5.23 Å². The molecule has 2 amide bonds. The number of rotatable bonds is 4. The third-order valence-corrected chi connectivity index (χ3v) is 8.12. The Kier molecular flexibility index (Phi) is 4.74. The molecule has 6 heteroatoms. The maximum atomic E-state index is 13.9. The number of quaternary nitrogens is 1. The van der Waals surface area contributed by atoms with Gasteiger partial charge in [0.25, 0.3) is 0 Å². The fourth-order valence-electron chi connectivity index (χ4n) is 6.37. The van der Waals surface area contributed by atoms with Crippen LogP contribution < -0.4 is 10.1 Å². The molecule has 2 N–H and O–H groups in total. The molecule has 3 aromatic rings. The SMILES string of the molecule is CCC(C)c1ccc2c(c1)C1c3ccccc3C2C2C(=O)N(c3ccccc3[NH+]([O-])O)C(=O)C12. The van der Waals surface area contributed by atoms with Crippen LogP contribution >= 0.6 is 0 Å². The Hall–Kier alpha value is -3.32. The minimum atomic E-state index is -1.15. The van der Waals surface area contributed by atoms with Crippen molar-refractivity contribution in [3.63, 3.8) is 0 Å². The first-order valence-electron chi connectivity index (χ1n) is 11.9. The van der Waals surface area contributed by atoms with E-state index in [2.05, 4.69) is 44.2 Å². The molecule has 1 saturated heterocycles. The van der Waals surface area contributed by atoms with Crippen LogP contribution in [0.4, 0.5) is 11.4 Å². The lowest BCUT2D eigenvalue weighted by atomic mass is 9.54. The van der Waals surface area contributed by atoms with Gasteiger partial charge in [0.15, 0.2) is 5.69 Å². The van der Waals surface area contributed by atoms with Gasteiger partial charge in [0, 0.05) is 17.9 Å². The molecule has 34 heavy (non-hydrogen) atoms. The summed E-state index contributed by atoms with van der Waals surface area (Å²) in [7, 11) is 0. The third-order valence-electron chi connectivity index (χ3n) is 8.12. The molecule has 3 aromatic carbocycles. The molecule has 0 radical (unpaired) electrons. The van der Waals surface area contributed by atoms with E-state index in [0.717, 1.165) is 33.6 Å². The van der Waals surface area contributed by atoms with Crippen molar-refractivity contribution in [2.45, 2.75) is 38.0 Å². The second kappa shape index (κ2) is 7.60. The van der Waals surface area contributed by atoms with E-state index in [1.807, 2.05) is 12.1 Å². The van der Waals surface area contributed by atoms with Gasteiger partial charge >= 0.3 is 0 Å². The van der Waals surface area contributed by atoms with Gasteiger partial charge in [-0.3, -0.25) is 9.59 Å². The second-order valence-electron chi connectivity index (χ2n) is 9.67. The van der Waals surface area contributed by atoms with Crippen LogP contribution in [-0.4, -0.2) is 17.0 Å². The largest absolute Gasteiger partial charge is 0.595 e. The van der Waals surface area contributed by atoms with E-state index in [0.29, 0.717) is 5.92 Å². The van der Waals surface area contributed by atoms with Gasteiger partial charge in [-0.05, 0) is 46.2 Å². The number of carbonyl (C=O) groups excluding carboxylic acids is 2. The minimum Gasteiger partial charge on any atom is -0.595 e. The quantitative estimate of drug-likeness (QED) is 0.461. The molecule has 1 aliphatic heterocycles. The van der Waals surface area contributed by atoms with E-state index in [4.69, 9.17) is 0 Å². The Bertz CT molecular complexity index is 1330. The zero-order valence-corrected chi connectivity index (χ0v) is 19.1. The van der Waals surface area contributed by atoms with Crippen molar-refractivity contribution in [3.05, 3.63) is 99.8 Å². The molecule has 7 rings (SSSR count). The second-order valence-corrected chi connectivity index (χ2v) is 9.67. The van der Waals surface area contributed by atoms with E-state index in [9.17, 15) is 20.0 Å². The lowest BCUT2D eigenvalue weighted by Gasteiger charge is -2.46. The maximum Gasteiger partial charge on any atom is 0.238 e. The fraction of sp³-hybridized carbons (Fsp3) is 0.286. The van der Waals surface area contributed by atoms with Crippen LogP contribution in [0.5, 0.6) is 0 Å². The van der Waals surface area contributed by atoms with Crippen LogP contribution in [0.15, 0.2) is 66.7 Å². The van der Waals surface area contributed by atoms with Gasteiger partial charge in [-0.25, -0.2) is 10.1 Å². The highest BCUT2D eigenvalue weighted by atomic mass is 16.8. The van der Waals surface area contributed by atoms with Crippen molar-refractivity contribution in [2.75, 3.05) is 4.90 Å². The first-order chi connectivity index (χ1) is 16.4. The smallest absolute Gasteiger partial charge is 0.238 e. The van der Waals surface area contributed by atoms with Crippen LogP contribution in [0.2, 0.25) is 0 Å². The highest BCUT2D eigenvalue weighted by molar-refractivity contribution is 6.24. The van der Waals surface area contributed by atoms with Gasteiger partial charge in [0.2, 0.25) is 11.8 Å². The maximum absolute atomic E-state index is 13.9. The average Bonchev–Trinajstić information content (AvgIpc) is 3.13. The lowest BCUT2D eigenvalue weighted by molar-refractivity contribution is -0.990. The van der Waals surface area contributed by atoms with E-state index >= 15 is 0 Å². The van der Waals surface area contributed by atoms with Crippen LogP contribution in [-0.2, 0) is 9.59 Å². The number of nitrogens with one attached hydrogen (secondary N) is 1. The Morgan fingerprint density at radius 3 is 2.06 bits per heavy atom. The van der Waals surface area contributed by atoms with Crippen LogP contribution in [0.25, 0.3) is 0 Å². The molecule has 0 aromatic heterocycles. The van der Waals surface area contributed by atoms with Crippen molar-refractivity contribution in [1.82, 2.24) is 0 Å². The van der Waals surface area contributed by atoms with E-state index < -0.39 is 17.1 Å². The third kappa shape index (κ3) is 2.73. The Labute approximate surface area is 198 Å². The van der Waals surface area contributed by atoms with Crippen molar-refractivity contribution in [3.8, 4) is 0 Å². The van der Waals surface area contributed by atoms with Crippen molar-refractivity contribution in [2.24, 2.45) is 11.8 Å². The topological polar surface area (TPSA) is 85.1 Å². The predicted molar refractivity (Wildman–Crippen MR) is 127 cm³/mol. The first kappa shape index (κ1) is 21.2. The molecule has 1 heterocycles. The summed E-state index contributed by atoms with van der Waals surface area (Å²) < 4.78 is 0. The Morgan fingerprint density at radius 1 is 0.882 bits per heavy atom. The number of nitrogens with zero attached hydrogens (tertiary/aromatic N) is 1. The minimum absolute atomic E-state index is 0.0377. The predicted octanol–water partition coefficient (Wildman–Crippen LogP) is 4.00. The number of benzene rings is 3. The first-order valence-corrected chi connectivity index (χ1v) is 11.9.